The molecule has 33 heavy (non-hydrogen) atoms. The van der Waals surface area contributed by atoms with Gasteiger partial charge in [-0.25, -0.2) is 4.98 Å². The lowest BCUT2D eigenvalue weighted by molar-refractivity contribution is 0.272. The molecule has 0 fully saturated rings. The van der Waals surface area contributed by atoms with E-state index in [1.807, 2.05) is 6.07 Å². The van der Waals surface area contributed by atoms with E-state index in [1.54, 1.807) is 23.1 Å². The molecule has 0 saturated heterocycles. The first kappa shape index (κ1) is 22.3. The van der Waals surface area contributed by atoms with Crippen molar-refractivity contribution < 1.29 is 0 Å². The van der Waals surface area contributed by atoms with Crippen molar-refractivity contribution in [3.63, 3.8) is 0 Å². The van der Waals surface area contributed by atoms with Crippen LogP contribution in [0.15, 0.2) is 40.3 Å². The van der Waals surface area contributed by atoms with Gasteiger partial charge < -0.3 is 9.55 Å². The molecule has 0 saturated carbocycles. The van der Waals surface area contributed by atoms with E-state index in [9.17, 15) is 4.79 Å². The van der Waals surface area contributed by atoms with E-state index in [2.05, 4.69) is 69.9 Å². The lowest BCUT2D eigenvalue weighted by Crippen LogP contribution is -2.23. The number of nitrogens with zero attached hydrogens (tertiary/aromatic N) is 5. The van der Waals surface area contributed by atoms with Crippen LogP contribution in [0.25, 0.3) is 10.2 Å². The van der Waals surface area contributed by atoms with E-state index in [1.165, 1.54) is 16.0 Å². The van der Waals surface area contributed by atoms with Crippen molar-refractivity contribution in [2.45, 2.75) is 56.1 Å². The molecule has 0 aliphatic heterocycles. The van der Waals surface area contributed by atoms with Gasteiger partial charge >= 0.3 is 0 Å². The normalized spacial score (nSPS) is 14.3. The Kier molecular flexibility index (Phi) is 6.36. The summed E-state index contributed by atoms with van der Waals surface area (Å²) in [7, 11) is 4.15. The van der Waals surface area contributed by atoms with Gasteiger partial charge in [0.1, 0.15) is 10.7 Å². The van der Waals surface area contributed by atoms with E-state index in [4.69, 9.17) is 4.98 Å². The number of aryl methyl sites for hydroxylation is 2. The molecule has 5 rings (SSSR count). The van der Waals surface area contributed by atoms with Gasteiger partial charge in [-0.1, -0.05) is 49.0 Å². The van der Waals surface area contributed by atoms with Crippen LogP contribution in [0.1, 0.15) is 53.5 Å². The van der Waals surface area contributed by atoms with Crippen LogP contribution >= 0.6 is 23.1 Å². The highest BCUT2D eigenvalue weighted by molar-refractivity contribution is 7.98. The maximum absolute atomic E-state index is 12.8. The molecule has 1 aliphatic carbocycles. The number of H-pyrrole nitrogens is 1. The summed E-state index contributed by atoms with van der Waals surface area (Å²) in [5.74, 6) is 2.19. The molecule has 0 bridgehead atoms. The Balaban J connectivity index is 1.44. The van der Waals surface area contributed by atoms with Crippen LogP contribution in [0.4, 0.5) is 0 Å². The molecule has 1 aliphatic rings. The summed E-state index contributed by atoms with van der Waals surface area (Å²) >= 11 is 3.25. The van der Waals surface area contributed by atoms with Gasteiger partial charge in [0.05, 0.1) is 23.7 Å². The van der Waals surface area contributed by atoms with Crippen molar-refractivity contribution in [1.29, 1.82) is 0 Å². The van der Waals surface area contributed by atoms with E-state index >= 15 is 0 Å². The highest BCUT2D eigenvalue weighted by atomic mass is 32.2. The highest BCUT2D eigenvalue weighted by Crippen LogP contribution is 2.35. The summed E-state index contributed by atoms with van der Waals surface area (Å²) in [5, 5.41) is 10.8. The van der Waals surface area contributed by atoms with Gasteiger partial charge in [0, 0.05) is 4.88 Å². The zero-order valence-corrected chi connectivity index (χ0v) is 20.8. The average Bonchev–Trinajstić information content (AvgIpc) is 3.49. The maximum atomic E-state index is 12.8. The zero-order valence-electron chi connectivity index (χ0n) is 19.2. The van der Waals surface area contributed by atoms with Crippen LogP contribution in [0.5, 0.6) is 0 Å². The second kappa shape index (κ2) is 9.40. The number of hydrogen-bond acceptors (Lipinski definition) is 7. The smallest absolute Gasteiger partial charge is 0.259 e. The largest absolute Gasteiger partial charge is 0.309 e. The van der Waals surface area contributed by atoms with E-state index < -0.39 is 0 Å². The Hall–Kier alpha value is -2.49. The lowest BCUT2D eigenvalue weighted by atomic mass is 10.2. The topological polar surface area (TPSA) is 79.7 Å². The van der Waals surface area contributed by atoms with Crippen molar-refractivity contribution in [3.8, 4) is 0 Å². The van der Waals surface area contributed by atoms with Gasteiger partial charge in [-0.2, -0.15) is 0 Å². The Morgan fingerprint density at radius 1 is 1.21 bits per heavy atom. The van der Waals surface area contributed by atoms with Crippen LogP contribution in [0.3, 0.4) is 0 Å². The van der Waals surface area contributed by atoms with Crippen molar-refractivity contribution in [2.75, 3.05) is 14.1 Å². The van der Waals surface area contributed by atoms with E-state index in [-0.39, 0.29) is 11.6 Å². The lowest BCUT2D eigenvalue weighted by Gasteiger charge is -2.23. The Morgan fingerprint density at radius 2 is 2.03 bits per heavy atom. The van der Waals surface area contributed by atoms with E-state index in [0.717, 1.165) is 46.9 Å². The second-order valence-electron chi connectivity index (χ2n) is 8.64. The minimum absolute atomic E-state index is 0.0138. The Labute approximate surface area is 201 Å². The Bertz CT molecular complexity index is 1320. The highest BCUT2D eigenvalue weighted by Gasteiger charge is 2.24. The third kappa shape index (κ3) is 4.37. The summed E-state index contributed by atoms with van der Waals surface area (Å²) in [4.78, 5) is 25.0. The van der Waals surface area contributed by atoms with Crippen molar-refractivity contribution in [2.24, 2.45) is 0 Å². The standard InChI is InChI=1S/C24H28N6OS2/c1-4-17(29(2)3)21-27-28-24(30(21)13-15-9-6-5-7-10-15)32-14-19-25-22(31)20-16-11-8-12-18(16)33-23(20)26-19/h5-7,9-10,17H,4,8,11-14H2,1-3H3,(H,25,26,31)/t17-/m1/s1. The van der Waals surface area contributed by atoms with Crippen molar-refractivity contribution >= 4 is 33.3 Å². The SMILES string of the molecule is CC[C@H](c1nnc(SCc2nc3sc4c(c3c(=O)[nH]2)CCC4)n1Cc1ccccc1)N(C)C. The molecule has 7 nitrogen and oxygen atoms in total. The van der Waals surface area contributed by atoms with Crippen LogP contribution in [0, 0.1) is 0 Å². The second-order valence-corrected chi connectivity index (χ2v) is 10.7. The van der Waals surface area contributed by atoms with Gasteiger partial charge in [0.25, 0.3) is 5.56 Å². The molecular weight excluding hydrogens is 452 g/mol. The summed E-state index contributed by atoms with van der Waals surface area (Å²) in [6.07, 6.45) is 4.14. The molecule has 172 valence electrons. The first-order valence-corrected chi connectivity index (χ1v) is 13.1. The molecule has 1 atom stereocenters. The number of hydrogen-bond donors (Lipinski definition) is 1. The number of rotatable bonds is 8. The number of benzene rings is 1. The first-order valence-electron chi connectivity index (χ1n) is 11.3. The fourth-order valence-electron chi connectivity index (χ4n) is 4.59. The molecule has 0 spiro atoms. The van der Waals surface area contributed by atoms with E-state index in [0.29, 0.717) is 18.1 Å². The summed E-state index contributed by atoms with van der Waals surface area (Å²) in [5.41, 5.74) is 2.40. The van der Waals surface area contributed by atoms with Crippen molar-refractivity contribution in [1.82, 2.24) is 29.6 Å². The van der Waals surface area contributed by atoms with Gasteiger partial charge in [-0.3, -0.25) is 9.69 Å². The van der Waals surface area contributed by atoms with Crippen LogP contribution in [0.2, 0.25) is 0 Å². The van der Waals surface area contributed by atoms with Gasteiger partial charge in [-0.05, 0) is 50.9 Å². The first-order chi connectivity index (χ1) is 16.0. The molecule has 1 aromatic carbocycles. The number of aromatic nitrogens is 5. The fourth-order valence-corrected chi connectivity index (χ4v) is 6.69. The number of nitrogens with one attached hydrogen (secondary N) is 1. The predicted molar refractivity (Wildman–Crippen MR) is 134 cm³/mol. The van der Waals surface area contributed by atoms with Gasteiger partial charge in [0.2, 0.25) is 0 Å². The third-order valence-electron chi connectivity index (χ3n) is 6.20. The van der Waals surface area contributed by atoms with Crippen LogP contribution in [-0.4, -0.2) is 43.7 Å². The summed E-state index contributed by atoms with van der Waals surface area (Å²) < 4.78 is 2.20. The predicted octanol–water partition coefficient (Wildman–Crippen LogP) is 4.42. The van der Waals surface area contributed by atoms with Gasteiger partial charge in [0.15, 0.2) is 11.0 Å². The zero-order chi connectivity index (χ0) is 22.9. The number of thiophene rings is 1. The Morgan fingerprint density at radius 3 is 2.79 bits per heavy atom. The van der Waals surface area contributed by atoms with Crippen LogP contribution in [-0.2, 0) is 25.1 Å². The number of aromatic amines is 1. The maximum Gasteiger partial charge on any atom is 0.259 e. The van der Waals surface area contributed by atoms with Crippen molar-refractivity contribution in [3.05, 3.63) is 68.3 Å². The molecular formula is C24H28N6OS2. The molecule has 0 radical (unpaired) electrons. The minimum Gasteiger partial charge on any atom is -0.309 e. The molecule has 4 aromatic rings. The minimum atomic E-state index is -0.0138. The molecule has 0 amide bonds. The van der Waals surface area contributed by atoms with Crippen LogP contribution < -0.4 is 5.56 Å². The molecule has 9 heteroatoms. The molecule has 3 aromatic heterocycles. The third-order valence-corrected chi connectivity index (χ3v) is 8.36. The molecule has 1 N–H and O–H groups in total. The monoisotopic (exact) mass is 480 g/mol. The quantitative estimate of drug-likeness (QED) is 0.376. The number of thioether (sulfide) groups is 1. The fraction of sp³-hybridized carbons (Fsp3) is 0.417. The number of fused-ring (bicyclic) bond motifs is 3. The summed E-state index contributed by atoms with van der Waals surface area (Å²) in [6.45, 7) is 2.87. The molecule has 3 heterocycles. The summed E-state index contributed by atoms with van der Waals surface area (Å²) in [6, 6.07) is 10.6. The average molecular weight is 481 g/mol. The molecule has 0 unspecified atom stereocenters. The van der Waals surface area contributed by atoms with Gasteiger partial charge in [-0.15, -0.1) is 21.5 Å².